The summed E-state index contributed by atoms with van der Waals surface area (Å²) >= 11 is 0. The Morgan fingerprint density at radius 3 is 2.38 bits per heavy atom. The molecule has 136 valence electrons. The summed E-state index contributed by atoms with van der Waals surface area (Å²) in [5, 5.41) is 4.40. The van der Waals surface area contributed by atoms with Crippen LogP contribution in [0, 0.1) is 0 Å². The van der Waals surface area contributed by atoms with Crippen molar-refractivity contribution in [3.8, 4) is 0 Å². The molecule has 3 rings (SSSR count). The molecule has 6 heteroatoms. The lowest BCUT2D eigenvalue weighted by Crippen LogP contribution is -2.27. The normalized spacial score (nSPS) is 14.7. The fraction of sp³-hybridized carbons (Fsp3) is 0.400. The smallest absolute Gasteiger partial charge is 0.277 e. The predicted molar refractivity (Wildman–Crippen MR) is 107 cm³/mol. The van der Waals surface area contributed by atoms with Gasteiger partial charge in [0.2, 0.25) is 0 Å². The number of anilines is 1. The highest BCUT2D eigenvalue weighted by atomic mass is 16.1. The van der Waals surface area contributed by atoms with Gasteiger partial charge in [0.05, 0.1) is 17.1 Å². The van der Waals surface area contributed by atoms with E-state index in [-0.39, 0.29) is 11.5 Å². The quantitative estimate of drug-likeness (QED) is 0.848. The first-order valence-electron chi connectivity index (χ1n) is 8.91. The van der Waals surface area contributed by atoms with Gasteiger partial charge in [0.1, 0.15) is 5.71 Å². The van der Waals surface area contributed by atoms with E-state index in [0.29, 0.717) is 23.7 Å². The summed E-state index contributed by atoms with van der Waals surface area (Å²) in [4.78, 5) is 24.4. The van der Waals surface area contributed by atoms with Crippen molar-refractivity contribution in [1.29, 1.82) is 0 Å². The molecule has 0 amide bonds. The van der Waals surface area contributed by atoms with Crippen LogP contribution in [0.15, 0.2) is 39.2 Å². The Hall–Kier alpha value is -2.76. The van der Waals surface area contributed by atoms with Gasteiger partial charge in [-0.3, -0.25) is 4.79 Å². The predicted octanol–water partition coefficient (Wildman–Crippen LogP) is 3.35. The Labute approximate surface area is 153 Å². The lowest BCUT2D eigenvalue weighted by Gasteiger charge is -2.13. The molecule has 2 aromatic rings. The second-order valence-corrected chi connectivity index (χ2v) is 6.98. The van der Waals surface area contributed by atoms with Crippen molar-refractivity contribution in [3.63, 3.8) is 0 Å². The van der Waals surface area contributed by atoms with E-state index >= 15 is 0 Å². The molecule has 0 aliphatic carbocycles. The first-order chi connectivity index (χ1) is 12.3. The minimum absolute atomic E-state index is 0.0892. The van der Waals surface area contributed by atoms with Gasteiger partial charge >= 0.3 is 0 Å². The molecule has 0 N–H and O–H groups in total. The highest BCUT2D eigenvalue weighted by Crippen LogP contribution is 2.22. The molecule has 0 fully saturated rings. The monoisotopic (exact) mass is 351 g/mol. The molecule has 0 unspecified atom stereocenters. The third-order valence-electron chi connectivity index (χ3n) is 4.50. The molecule has 6 nitrogen and oxygen atoms in total. The number of benzene rings is 1. The summed E-state index contributed by atoms with van der Waals surface area (Å²) < 4.78 is 1.40. The highest BCUT2D eigenvalue weighted by molar-refractivity contribution is 6.48. The van der Waals surface area contributed by atoms with Crippen molar-refractivity contribution in [2.24, 2.45) is 10.1 Å². The summed E-state index contributed by atoms with van der Waals surface area (Å²) in [5.74, 6) is 0.704. The van der Waals surface area contributed by atoms with Gasteiger partial charge in [-0.25, -0.2) is 9.98 Å². The molecule has 1 aliphatic rings. The third kappa shape index (κ3) is 3.07. The van der Waals surface area contributed by atoms with Gasteiger partial charge in [-0.05, 0) is 43.5 Å². The van der Waals surface area contributed by atoms with Crippen molar-refractivity contribution >= 4 is 22.8 Å². The fourth-order valence-corrected chi connectivity index (χ4v) is 3.06. The third-order valence-corrected chi connectivity index (χ3v) is 4.50. The maximum Gasteiger partial charge on any atom is 0.277 e. The van der Waals surface area contributed by atoms with E-state index in [1.165, 1.54) is 4.68 Å². The number of aliphatic imine (C=N–C) groups is 1. The average Bonchev–Trinajstić information content (AvgIpc) is 2.91. The van der Waals surface area contributed by atoms with E-state index in [2.05, 4.69) is 18.9 Å². The van der Waals surface area contributed by atoms with Crippen LogP contribution in [0.25, 0.3) is 0 Å². The Morgan fingerprint density at radius 1 is 1.19 bits per heavy atom. The summed E-state index contributed by atoms with van der Waals surface area (Å²) in [6, 6.07) is 7.95. The molecule has 0 radical (unpaired) electrons. The lowest BCUT2D eigenvalue weighted by atomic mass is 10.0. The zero-order valence-corrected chi connectivity index (χ0v) is 16.2. The van der Waals surface area contributed by atoms with Gasteiger partial charge in [0, 0.05) is 25.3 Å². The molecule has 0 bridgehead atoms. The Balaban J connectivity index is 2.13. The van der Waals surface area contributed by atoms with Gasteiger partial charge in [0.15, 0.2) is 5.82 Å². The van der Waals surface area contributed by atoms with Gasteiger partial charge in [-0.1, -0.05) is 20.8 Å². The highest BCUT2D eigenvalue weighted by Gasteiger charge is 2.26. The first-order valence-corrected chi connectivity index (χ1v) is 8.91. The molecule has 1 aromatic heterocycles. The van der Waals surface area contributed by atoms with Crippen LogP contribution in [0.4, 0.5) is 11.4 Å². The van der Waals surface area contributed by atoms with E-state index < -0.39 is 0 Å². The molecule has 1 aromatic carbocycles. The molecule has 0 atom stereocenters. The summed E-state index contributed by atoms with van der Waals surface area (Å²) in [6.07, 6.45) is 0.646. The number of nitrogens with zero attached hydrogens (tertiary/aromatic N) is 5. The molecular formula is C20H25N5O. The molecule has 1 aliphatic heterocycles. The summed E-state index contributed by atoms with van der Waals surface area (Å²) in [7, 11) is 4.00. The number of rotatable bonds is 4. The number of hydrogen-bond donors (Lipinski definition) is 0. The van der Waals surface area contributed by atoms with E-state index in [0.717, 1.165) is 22.6 Å². The van der Waals surface area contributed by atoms with Crippen LogP contribution in [0.1, 0.15) is 50.7 Å². The molecule has 0 saturated heterocycles. The van der Waals surface area contributed by atoms with Crippen LogP contribution >= 0.6 is 0 Å². The largest absolute Gasteiger partial charge is 0.378 e. The molecule has 0 spiro atoms. The molecule has 2 heterocycles. The van der Waals surface area contributed by atoms with E-state index in [4.69, 9.17) is 9.98 Å². The van der Waals surface area contributed by atoms with Gasteiger partial charge in [0.25, 0.3) is 5.56 Å². The minimum atomic E-state index is -0.0892. The van der Waals surface area contributed by atoms with Crippen LogP contribution in [-0.2, 0) is 6.42 Å². The van der Waals surface area contributed by atoms with Gasteiger partial charge < -0.3 is 4.90 Å². The number of aromatic nitrogens is 2. The maximum absolute atomic E-state index is 12.8. The lowest BCUT2D eigenvalue weighted by molar-refractivity contribution is 0.717. The zero-order valence-electron chi connectivity index (χ0n) is 16.2. The van der Waals surface area contributed by atoms with E-state index in [1.807, 2.05) is 57.1 Å². The molecule has 26 heavy (non-hydrogen) atoms. The Morgan fingerprint density at radius 2 is 1.85 bits per heavy atom. The fourth-order valence-electron chi connectivity index (χ4n) is 3.06. The van der Waals surface area contributed by atoms with E-state index in [9.17, 15) is 4.79 Å². The van der Waals surface area contributed by atoms with Gasteiger partial charge in [-0.15, -0.1) is 0 Å². The van der Waals surface area contributed by atoms with E-state index in [1.54, 1.807) is 0 Å². The van der Waals surface area contributed by atoms with Crippen molar-refractivity contribution in [2.45, 2.75) is 40.0 Å². The van der Waals surface area contributed by atoms with Crippen molar-refractivity contribution in [3.05, 3.63) is 51.7 Å². The van der Waals surface area contributed by atoms with Crippen LogP contribution in [0.3, 0.4) is 0 Å². The maximum atomic E-state index is 12.8. The second-order valence-electron chi connectivity index (χ2n) is 6.98. The Kier molecular flexibility index (Phi) is 4.76. The molecular weight excluding hydrogens is 326 g/mol. The minimum Gasteiger partial charge on any atom is -0.378 e. The van der Waals surface area contributed by atoms with Gasteiger partial charge in [-0.2, -0.15) is 9.78 Å². The average molecular weight is 351 g/mol. The SMILES string of the molecule is CCc1c(C(C)C)nc2n(c1=O)N=C(C)C2=Nc1ccc(N(C)C)cc1. The number of hydrogen-bond acceptors (Lipinski definition) is 5. The second kappa shape index (κ2) is 6.86. The van der Waals surface area contributed by atoms with Crippen LogP contribution in [0.5, 0.6) is 0 Å². The van der Waals surface area contributed by atoms with Crippen LogP contribution in [0.2, 0.25) is 0 Å². The standard InChI is InChI=1S/C20H25N5O/c1-7-16-17(12(2)3)22-19-18(13(4)23-25(19)20(16)26)21-14-8-10-15(11-9-14)24(5)6/h8-12H,7H2,1-6H3. The molecule has 0 saturated carbocycles. The first kappa shape index (κ1) is 18.0. The topological polar surface area (TPSA) is 62.9 Å². The van der Waals surface area contributed by atoms with Crippen LogP contribution in [-0.4, -0.2) is 35.2 Å². The number of fused-ring (bicyclic) bond motifs is 1. The van der Waals surface area contributed by atoms with Crippen LogP contribution < -0.4 is 10.5 Å². The summed E-state index contributed by atoms with van der Waals surface area (Å²) in [6.45, 7) is 7.95. The van der Waals surface area contributed by atoms with Crippen molar-refractivity contribution in [2.75, 3.05) is 19.0 Å². The summed E-state index contributed by atoms with van der Waals surface area (Å²) in [5.41, 5.74) is 4.76. The zero-order chi connectivity index (χ0) is 19.0. The Bertz CT molecular complexity index is 949. The van der Waals surface area contributed by atoms with Crippen molar-refractivity contribution < 1.29 is 0 Å². The van der Waals surface area contributed by atoms with Crippen molar-refractivity contribution in [1.82, 2.24) is 9.66 Å².